The predicted octanol–water partition coefficient (Wildman–Crippen LogP) is 2.38. The Bertz CT molecular complexity index is 180. The van der Waals surface area contributed by atoms with Crippen LogP contribution < -0.4 is 0 Å². The third kappa shape index (κ3) is 4.49. The highest BCUT2D eigenvalue weighted by molar-refractivity contribution is 4.82. The van der Waals surface area contributed by atoms with E-state index in [2.05, 4.69) is 20.8 Å². The van der Waals surface area contributed by atoms with Gasteiger partial charge in [-0.2, -0.15) is 0 Å². The molecule has 3 heteroatoms. The zero-order valence-electron chi connectivity index (χ0n) is 10.5. The van der Waals surface area contributed by atoms with E-state index < -0.39 is 0 Å². The Balaban J connectivity index is 2.38. The number of ether oxygens (including phenoxy) is 3. The van der Waals surface area contributed by atoms with E-state index in [0.29, 0.717) is 6.61 Å². The normalized spacial score (nSPS) is 31.8. The summed E-state index contributed by atoms with van der Waals surface area (Å²) < 4.78 is 17.2. The lowest BCUT2D eigenvalue weighted by Gasteiger charge is -2.22. The summed E-state index contributed by atoms with van der Waals surface area (Å²) in [7, 11) is 0. The third-order valence-electron chi connectivity index (χ3n) is 2.43. The van der Waals surface area contributed by atoms with Crippen LogP contribution in [0, 0.1) is 0 Å². The van der Waals surface area contributed by atoms with Crippen LogP contribution in [0.5, 0.6) is 0 Å². The summed E-state index contributed by atoms with van der Waals surface area (Å²) in [5, 5.41) is 0. The first kappa shape index (κ1) is 12.9. The average Bonchev–Trinajstić information content (AvgIpc) is 2.41. The van der Waals surface area contributed by atoms with Gasteiger partial charge in [-0.05, 0) is 34.6 Å². The Hall–Kier alpha value is -0.120. The van der Waals surface area contributed by atoms with Crippen LogP contribution >= 0.6 is 0 Å². The van der Waals surface area contributed by atoms with Gasteiger partial charge >= 0.3 is 0 Å². The Morgan fingerprint density at radius 2 is 1.87 bits per heavy atom. The minimum Gasteiger partial charge on any atom is -0.376 e. The van der Waals surface area contributed by atoms with Crippen molar-refractivity contribution in [1.82, 2.24) is 0 Å². The first-order chi connectivity index (χ1) is 6.99. The fourth-order valence-corrected chi connectivity index (χ4v) is 1.85. The molecule has 15 heavy (non-hydrogen) atoms. The Kier molecular flexibility index (Phi) is 5.03. The van der Waals surface area contributed by atoms with Crippen LogP contribution in [0.2, 0.25) is 0 Å². The molecular weight excluding hydrogens is 192 g/mol. The molecule has 0 radical (unpaired) electrons. The number of hydrogen-bond acceptors (Lipinski definition) is 3. The molecule has 0 aliphatic carbocycles. The molecule has 0 N–H and O–H groups in total. The maximum atomic E-state index is 5.82. The van der Waals surface area contributed by atoms with Gasteiger partial charge in [-0.3, -0.25) is 0 Å². The number of rotatable bonds is 5. The van der Waals surface area contributed by atoms with Crippen LogP contribution in [0.15, 0.2) is 0 Å². The Morgan fingerprint density at radius 3 is 2.40 bits per heavy atom. The molecule has 1 rings (SSSR count). The molecule has 0 aromatic rings. The first-order valence-corrected chi connectivity index (χ1v) is 5.91. The van der Waals surface area contributed by atoms with Crippen molar-refractivity contribution in [2.45, 2.75) is 71.6 Å². The van der Waals surface area contributed by atoms with Gasteiger partial charge in [0.1, 0.15) is 6.10 Å². The molecule has 1 aliphatic rings. The molecule has 90 valence electrons. The molecular formula is C12H24O3. The quantitative estimate of drug-likeness (QED) is 0.706. The van der Waals surface area contributed by atoms with Crippen molar-refractivity contribution in [2.24, 2.45) is 0 Å². The van der Waals surface area contributed by atoms with E-state index >= 15 is 0 Å². The molecule has 3 nitrogen and oxygen atoms in total. The van der Waals surface area contributed by atoms with Crippen molar-refractivity contribution in [3.63, 3.8) is 0 Å². The summed E-state index contributed by atoms with van der Waals surface area (Å²) in [4.78, 5) is 0. The van der Waals surface area contributed by atoms with Gasteiger partial charge in [0.25, 0.3) is 0 Å². The van der Waals surface area contributed by atoms with E-state index in [4.69, 9.17) is 14.2 Å². The number of hydrogen-bond donors (Lipinski definition) is 0. The summed E-state index contributed by atoms with van der Waals surface area (Å²) in [5.74, 6) is 0. The molecule has 1 unspecified atom stereocenters. The maximum absolute atomic E-state index is 5.82. The zero-order chi connectivity index (χ0) is 11.4. The molecule has 0 aromatic heterocycles. The van der Waals surface area contributed by atoms with Gasteiger partial charge in [0, 0.05) is 6.42 Å². The summed E-state index contributed by atoms with van der Waals surface area (Å²) in [6.45, 7) is 10.9. The second-order valence-electron chi connectivity index (χ2n) is 4.83. The van der Waals surface area contributed by atoms with E-state index in [1.165, 1.54) is 0 Å². The van der Waals surface area contributed by atoms with Crippen molar-refractivity contribution < 1.29 is 14.2 Å². The molecule has 0 spiro atoms. The van der Waals surface area contributed by atoms with Crippen LogP contribution in [0.1, 0.15) is 41.0 Å². The third-order valence-corrected chi connectivity index (χ3v) is 2.43. The van der Waals surface area contributed by atoms with Crippen molar-refractivity contribution >= 4 is 0 Å². The van der Waals surface area contributed by atoms with Gasteiger partial charge in [-0.15, -0.1) is 0 Å². The lowest BCUT2D eigenvalue weighted by Crippen LogP contribution is -2.32. The Morgan fingerprint density at radius 1 is 1.20 bits per heavy atom. The van der Waals surface area contributed by atoms with Crippen molar-refractivity contribution in [2.75, 3.05) is 6.61 Å². The van der Waals surface area contributed by atoms with Crippen LogP contribution in [-0.4, -0.2) is 37.1 Å². The monoisotopic (exact) mass is 216 g/mol. The fourth-order valence-electron chi connectivity index (χ4n) is 1.85. The largest absolute Gasteiger partial charge is 0.376 e. The Labute approximate surface area is 93.1 Å². The molecule has 1 saturated heterocycles. The summed E-state index contributed by atoms with van der Waals surface area (Å²) in [5.41, 5.74) is 0. The summed E-state index contributed by atoms with van der Waals surface area (Å²) in [6, 6.07) is 0. The lowest BCUT2D eigenvalue weighted by atomic mass is 10.1. The molecule has 0 aromatic carbocycles. The molecule has 1 fully saturated rings. The van der Waals surface area contributed by atoms with Gasteiger partial charge in [-0.1, -0.05) is 0 Å². The second-order valence-corrected chi connectivity index (χ2v) is 4.83. The highest BCUT2D eigenvalue weighted by atomic mass is 16.6. The van der Waals surface area contributed by atoms with Crippen molar-refractivity contribution in [1.29, 1.82) is 0 Å². The standard InChI is InChI=1S/C12H24O3/c1-8(2)13-7-12-11(14-9(3)4)6-10(5)15-12/h8-12H,6-7H2,1-5H3/t10-,11?,12+/m1/s1. The van der Waals surface area contributed by atoms with Crippen molar-refractivity contribution in [3.05, 3.63) is 0 Å². The molecule has 1 heterocycles. The van der Waals surface area contributed by atoms with E-state index in [-0.39, 0.29) is 30.5 Å². The average molecular weight is 216 g/mol. The van der Waals surface area contributed by atoms with Gasteiger partial charge in [0.2, 0.25) is 0 Å². The minimum absolute atomic E-state index is 0.102. The molecule has 0 amide bonds. The minimum atomic E-state index is 0.102. The lowest BCUT2D eigenvalue weighted by molar-refractivity contribution is -0.0852. The highest BCUT2D eigenvalue weighted by Crippen LogP contribution is 2.24. The van der Waals surface area contributed by atoms with Crippen molar-refractivity contribution in [3.8, 4) is 0 Å². The van der Waals surface area contributed by atoms with Crippen LogP contribution in [0.4, 0.5) is 0 Å². The summed E-state index contributed by atoms with van der Waals surface area (Å²) in [6.07, 6.45) is 2.07. The molecule has 0 saturated carbocycles. The SMILES string of the molecule is CC(C)OC[C@@H]1O[C@H](C)CC1OC(C)C. The maximum Gasteiger partial charge on any atom is 0.107 e. The van der Waals surface area contributed by atoms with Gasteiger partial charge in [-0.25, -0.2) is 0 Å². The highest BCUT2D eigenvalue weighted by Gasteiger charge is 2.34. The van der Waals surface area contributed by atoms with Gasteiger partial charge in [0.15, 0.2) is 0 Å². The van der Waals surface area contributed by atoms with Crippen LogP contribution in [0.3, 0.4) is 0 Å². The van der Waals surface area contributed by atoms with Crippen LogP contribution in [-0.2, 0) is 14.2 Å². The fraction of sp³-hybridized carbons (Fsp3) is 1.00. The van der Waals surface area contributed by atoms with E-state index in [1.807, 2.05) is 13.8 Å². The van der Waals surface area contributed by atoms with E-state index in [0.717, 1.165) is 6.42 Å². The topological polar surface area (TPSA) is 27.7 Å². The second kappa shape index (κ2) is 5.83. The smallest absolute Gasteiger partial charge is 0.107 e. The van der Waals surface area contributed by atoms with E-state index in [1.54, 1.807) is 0 Å². The molecule has 3 atom stereocenters. The van der Waals surface area contributed by atoms with Gasteiger partial charge in [0.05, 0.1) is 31.0 Å². The molecule has 1 aliphatic heterocycles. The zero-order valence-corrected chi connectivity index (χ0v) is 10.5. The van der Waals surface area contributed by atoms with Gasteiger partial charge < -0.3 is 14.2 Å². The first-order valence-electron chi connectivity index (χ1n) is 5.91. The molecule has 0 bridgehead atoms. The predicted molar refractivity (Wildman–Crippen MR) is 60.0 cm³/mol. The summed E-state index contributed by atoms with van der Waals surface area (Å²) >= 11 is 0. The van der Waals surface area contributed by atoms with E-state index in [9.17, 15) is 0 Å². The van der Waals surface area contributed by atoms with Crippen LogP contribution in [0.25, 0.3) is 0 Å².